The van der Waals surface area contributed by atoms with Crippen molar-refractivity contribution >= 4 is 10.8 Å². The second-order valence-corrected chi connectivity index (χ2v) is 6.01. The Morgan fingerprint density at radius 2 is 2.19 bits per heavy atom. The molecule has 1 saturated heterocycles. The molecule has 16 heavy (non-hydrogen) atoms. The molecule has 1 aliphatic rings. The van der Waals surface area contributed by atoms with E-state index in [1.807, 2.05) is 6.92 Å². The Morgan fingerprint density at radius 3 is 2.75 bits per heavy atom. The van der Waals surface area contributed by atoms with Crippen LogP contribution in [0.4, 0.5) is 0 Å². The van der Waals surface area contributed by atoms with Crippen LogP contribution in [0.1, 0.15) is 19.8 Å². The van der Waals surface area contributed by atoms with Crippen LogP contribution in [-0.4, -0.2) is 52.8 Å². The van der Waals surface area contributed by atoms with Gasteiger partial charge in [0.05, 0.1) is 6.54 Å². The van der Waals surface area contributed by atoms with Gasteiger partial charge in [-0.25, -0.2) is 0 Å². The molecule has 3 nitrogen and oxygen atoms in total. The minimum absolute atomic E-state index is 0.586. The average molecular weight is 242 g/mol. The van der Waals surface area contributed by atoms with Crippen LogP contribution in [0.15, 0.2) is 0 Å². The minimum atomic E-state index is -0.641. The van der Waals surface area contributed by atoms with E-state index in [1.165, 1.54) is 0 Å². The van der Waals surface area contributed by atoms with Gasteiger partial charge in [-0.1, -0.05) is 12.8 Å². The van der Waals surface area contributed by atoms with Gasteiger partial charge in [0.25, 0.3) is 0 Å². The molecule has 0 aromatic rings. The lowest BCUT2D eigenvalue weighted by atomic mass is 10.1. The molecule has 0 saturated carbocycles. The summed E-state index contributed by atoms with van der Waals surface area (Å²) in [6.07, 6.45) is 7.59. The second kappa shape index (κ2) is 7.83. The fourth-order valence-electron chi connectivity index (χ4n) is 1.95. The Hall–Kier alpha value is -0.370. The summed E-state index contributed by atoms with van der Waals surface area (Å²) >= 11 is 0. The maximum absolute atomic E-state index is 11.2. The van der Waals surface area contributed by atoms with Gasteiger partial charge in [0.2, 0.25) is 0 Å². The van der Waals surface area contributed by atoms with Gasteiger partial charge in [-0.05, 0) is 12.8 Å². The number of likely N-dealkylation sites (tertiary alicyclic amines) is 1. The van der Waals surface area contributed by atoms with Gasteiger partial charge in [-0.15, -0.1) is 6.42 Å². The summed E-state index contributed by atoms with van der Waals surface area (Å²) in [5, 5.41) is 3.48. The Balaban J connectivity index is 2.08. The molecule has 1 N–H and O–H groups in total. The maximum Gasteiger partial charge on any atom is 0.0598 e. The van der Waals surface area contributed by atoms with Crippen molar-refractivity contribution in [3.05, 3.63) is 0 Å². The predicted octanol–water partition coefficient (Wildman–Crippen LogP) is 0.442. The first kappa shape index (κ1) is 13.7. The van der Waals surface area contributed by atoms with Gasteiger partial charge in [-0.3, -0.25) is 9.11 Å². The highest BCUT2D eigenvalue weighted by atomic mass is 32.2. The molecule has 92 valence electrons. The van der Waals surface area contributed by atoms with E-state index in [2.05, 4.69) is 16.1 Å². The van der Waals surface area contributed by atoms with Crippen LogP contribution in [0.25, 0.3) is 0 Å². The lowest BCUT2D eigenvalue weighted by Gasteiger charge is -2.31. The Bertz CT molecular complexity index is 254. The van der Waals surface area contributed by atoms with Crippen LogP contribution in [0.2, 0.25) is 0 Å². The van der Waals surface area contributed by atoms with Crippen LogP contribution < -0.4 is 5.32 Å². The summed E-state index contributed by atoms with van der Waals surface area (Å²) in [4.78, 5) is 2.31. The highest BCUT2D eigenvalue weighted by Gasteiger charge is 2.17. The fraction of sp³-hybridized carbons (Fsp3) is 0.833. The molecule has 1 rings (SSSR count). The van der Waals surface area contributed by atoms with E-state index in [0.29, 0.717) is 6.04 Å². The number of piperidine rings is 1. The maximum atomic E-state index is 11.2. The van der Waals surface area contributed by atoms with E-state index in [9.17, 15) is 4.21 Å². The normalized spacial score (nSPS) is 20.5. The number of terminal acetylenes is 1. The highest BCUT2D eigenvalue weighted by Crippen LogP contribution is 2.09. The van der Waals surface area contributed by atoms with Gasteiger partial charge >= 0.3 is 0 Å². The van der Waals surface area contributed by atoms with Gasteiger partial charge in [0.15, 0.2) is 0 Å². The van der Waals surface area contributed by atoms with Crippen molar-refractivity contribution in [2.75, 3.05) is 37.7 Å². The number of nitrogens with one attached hydrogen (secondary N) is 1. The third-order valence-corrected chi connectivity index (χ3v) is 4.29. The third-order valence-electron chi connectivity index (χ3n) is 2.99. The van der Waals surface area contributed by atoms with Crippen molar-refractivity contribution in [3.8, 4) is 12.3 Å². The van der Waals surface area contributed by atoms with Gasteiger partial charge in [-0.2, -0.15) is 0 Å². The molecule has 1 aliphatic heterocycles. The highest BCUT2D eigenvalue weighted by molar-refractivity contribution is 7.84. The van der Waals surface area contributed by atoms with E-state index in [0.717, 1.165) is 50.5 Å². The third kappa shape index (κ3) is 5.11. The monoisotopic (exact) mass is 242 g/mol. The average Bonchev–Trinajstić information content (AvgIpc) is 2.31. The quantitative estimate of drug-likeness (QED) is 0.686. The van der Waals surface area contributed by atoms with Crippen molar-refractivity contribution in [1.82, 2.24) is 10.2 Å². The SMILES string of the molecule is C#CCN1CCC(NCCS(=O)CC)CC1. The van der Waals surface area contributed by atoms with Crippen molar-refractivity contribution in [1.29, 1.82) is 0 Å². The van der Waals surface area contributed by atoms with Crippen LogP contribution in [-0.2, 0) is 10.8 Å². The first-order valence-electron chi connectivity index (χ1n) is 6.00. The van der Waals surface area contributed by atoms with Gasteiger partial charge < -0.3 is 5.32 Å². The van der Waals surface area contributed by atoms with Crippen LogP contribution in [0.3, 0.4) is 0 Å². The second-order valence-electron chi connectivity index (χ2n) is 4.14. The predicted molar refractivity (Wildman–Crippen MR) is 69.8 cm³/mol. The molecule has 1 heterocycles. The molecular formula is C12H22N2OS. The lowest BCUT2D eigenvalue weighted by molar-refractivity contribution is 0.219. The first-order chi connectivity index (χ1) is 7.76. The summed E-state index contributed by atoms with van der Waals surface area (Å²) < 4.78 is 11.2. The van der Waals surface area contributed by atoms with Gasteiger partial charge in [0.1, 0.15) is 0 Å². The summed E-state index contributed by atoms with van der Waals surface area (Å²) in [5.41, 5.74) is 0. The number of hydrogen-bond acceptors (Lipinski definition) is 3. The largest absolute Gasteiger partial charge is 0.313 e. The molecule has 0 aliphatic carbocycles. The molecular weight excluding hydrogens is 220 g/mol. The Morgan fingerprint density at radius 1 is 1.50 bits per heavy atom. The number of nitrogens with zero attached hydrogens (tertiary/aromatic N) is 1. The van der Waals surface area contributed by atoms with Crippen molar-refractivity contribution in [3.63, 3.8) is 0 Å². The molecule has 0 bridgehead atoms. The summed E-state index contributed by atoms with van der Waals surface area (Å²) in [5.74, 6) is 4.23. The van der Waals surface area contributed by atoms with Crippen molar-refractivity contribution in [2.24, 2.45) is 0 Å². The van der Waals surface area contributed by atoms with E-state index < -0.39 is 10.8 Å². The smallest absolute Gasteiger partial charge is 0.0598 e. The summed E-state index contributed by atoms with van der Waals surface area (Å²) in [6, 6.07) is 0.586. The Kier molecular flexibility index (Phi) is 6.70. The zero-order chi connectivity index (χ0) is 11.8. The van der Waals surface area contributed by atoms with E-state index >= 15 is 0 Å². The molecule has 1 fully saturated rings. The molecule has 0 aromatic carbocycles. The molecule has 0 aromatic heterocycles. The van der Waals surface area contributed by atoms with Crippen LogP contribution >= 0.6 is 0 Å². The molecule has 0 radical (unpaired) electrons. The summed E-state index contributed by atoms with van der Waals surface area (Å²) in [7, 11) is -0.641. The van der Waals surface area contributed by atoms with Crippen LogP contribution in [0.5, 0.6) is 0 Å². The fourth-order valence-corrected chi connectivity index (χ4v) is 2.58. The van der Waals surface area contributed by atoms with Crippen molar-refractivity contribution < 1.29 is 4.21 Å². The Labute approximate surface area is 101 Å². The lowest BCUT2D eigenvalue weighted by Crippen LogP contribution is -2.43. The van der Waals surface area contributed by atoms with E-state index in [1.54, 1.807) is 0 Å². The minimum Gasteiger partial charge on any atom is -0.313 e. The van der Waals surface area contributed by atoms with E-state index in [4.69, 9.17) is 6.42 Å². The zero-order valence-electron chi connectivity index (χ0n) is 10.1. The molecule has 1 unspecified atom stereocenters. The number of rotatable bonds is 6. The zero-order valence-corrected chi connectivity index (χ0v) is 10.9. The van der Waals surface area contributed by atoms with E-state index in [-0.39, 0.29) is 0 Å². The molecule has 4 heteroatoms. The molecule has 0 spiro atoms. The number of hydrogen-bond donors (Lipinski definition) is 1. The molecule has 0 amide bonds. The topological polar surface area (TPSA) is 32.3 Å². The first-order valence-corrected chi connectivity index (χ1v) is 7.49. The van der Waals surface area contributed by atoms with Crippen LogP contribution in [0, 0.1) is 12.3 Å². The molecule has 1 atom stereocenters. The summed E-state index contributed by atoms with van der Waals surface area (Å²) in [6.45, 7) is 5.78. The van der Waals surface area contributed by atoms with Gasteiger partial charge in [0, 0.05) is 48.0 Å². The standard InChI is InChI=1S/C12H22N2OS/c1-3-8-14-9-5-12(6-10-14)13-7-11-16(15)4-2/h1,12-13H,4-11H2,2H3. The van der Waals surface area contributed by atoms with Crippen molar-refractivity contribution in [2.45, 2.75) is 25.8 Å².